The van der Waals surface area contributed by atoms with Crippen molar-refractivity contribution in [3.8, 4) is 0 Å². The minimum atomic E-state index is -0.996. The maximum absolute atomic E-state index is 12.7. The fourth-order valence-electron chi connectivity index (χ4n) is 2.94. The molecule has 0 fully saturated rings. The number of hydrogen-bond acceptors (Lipinski definition) is 3. The maximum Gasteiger partial charge on any atom is 0.326 e. The van der Waals surface area contributed by atoms with Crippen molar-refractivity contribution in [2.24, 2.45) is 0 Å². The van der Waals surface area contributed by atoms with E-state index in [-0.39, 0.29) is 18.2 Å². The van der Waals surface area contributed by atoms with Crippen molar-refractivity contribution in [2.45, 2.75) is 32.9 Å². The monoisotopic (exact) mass is 299 g/mol. The lowest BCUT2D eigenvalue weighted by Gasteiger charge is -2.34. The Labute approximate surface area is 128 Å². The summed E-state index contributed by atoms with van der Waals surface area (Å²) in [5, 5.41) is 9.48. The van der Waals surface area contributed by atoms with Gasteiger partial charge in [0.1, 0.15) is 11.8 Å². The normalized spacial score (nSPS) is 17.2. The SMILES string of the molecule is Cc1cc(C)c(C(=O)N2Cc3ccccc3CC2C(=O)O)o1. The van der Waals surface area contributed by atoms with E-state index in [9.17, 15) is 14.7 Å². The van der Waals surface area contributed by atoms with Gasteiger partial charge in [0.15, 0.2) is 5.76 Å². The second-order valence-electron chi connectivity index (χ2n) is 5.63. The average molecular weight is 299 g/mol. The molecule has 1 aliphatic rings. The lowest BCUT2D eigenvalue weighted by Crippen LogP contribution is -2.48. The van der Waals surface area contributed by atoms with Gasteiger partial charge in [-0.05, 0) is 31.0 Å². The quantitative estimate of drug-likeness (QED) is 0.925. The van der Waals surface area contributed by atoms with Crippen molar-refractivity contribution < 1.29 is 19.1 Å². The molecule has 1 aliphatic heterocycles. The first-order valence-corrected chi connectivity index (χ1v) is 7.15. The van der Waals surface area contributed by atoms with E-state index >= 15 is 0 Å². The zero-order chi connectivity index (χ0) is 15.9. The number of nitrogens with zero attached hydrogens (tertiary/aromatic N) is 1. The molecule has 0 radical (unpaired) electrons. The molecule has 3 rings (SSSR count). The summed E-state index contributed by atoms with van der Waals surface area (Å²) < 4.78 is 5.46. The summed E-state index contributed by atoms with van der Waals surface area (Å²) in [6, 6.07) is 8.52. The highest BCUT2D eigenvalue weighted by molar-refractivity contribution is 5.96. The molecule has 5 heteroatoms. The molecule has 0 aliphatic carbocycles. The Balaban J connectivity index is 1.99. The predicted octanol–water partition coefficient (Wildman–Crippen LogP) is 2.55. The van der Waals surface area contributed by atoms with Gasteiger partial charge in [-0.3, -0.25) is 4.79 Å². The van der Waals surface area contributed by atoms with Gasteiger partial charge in [-0.1, -0.05) is 24.3 Å². The van der Waals surface area contributed by atoms with Crippen molar-refractivity contribution in [1.82, 2.24) is 4.90 Å². The Morgan fingerprint density at radius 2 is 1.91 bits per heavy atom. The van der Waals surface area contributed by atoms with Gasteiger partial charge in [0.05, 0.1) is 0 Å². The van der Waals surface area contributed by atoms with Crippen LogP contribution in [0.4, 0.5) is 0 Å². The van der Waals surface area contributed by atoms with Crippen LogP contribution in [0.3, 0.4) is 0 Å². The molecule has 0 saturated carbocycles. The third-order valence-corrected chi connectivity index (χ3v) is 4.03. The minimum absolute atomic E-state index is 0.225. The first kappa shape index (κ1) is 14.4. The van der Waals surface area contributed by atoms with E-state index in [0.29, 0.717) is 12.2 Å². The molecule has 2 aromatic rings. The number of benzene rings is 1. The van der Waals surface area contributed by atoms with Crippen LogP contribution < -0.4 is 0 Å². The Hall–Kier alpha value is -2.56. The van der Waals surface area contributed by atoms with Crippen LogP contribution in [0.15, 0.2) is 34.7 Å². The summed E-state index contributed by atoms with van der Waals surface area (Å²) in [5.41, 5.74) is 2.69. The molecular weight excluding hydrogens is 282 g/mol. The highest BCUT2D eigenvalue weighted by Gasteiger charge is 2.36. The number of hydrogen-bond donors (Lipinski definition) is 1. The summed E-state index contributed by atoms with van der Waals surface area (Å²) in [6.45, 7) is 3.84. The minimum Gasteiger partial charge on any atom is -0.480 e. The van der Waals surface area contributed by atoms with Gasteiger partial charge in [0.2, 0.25) is 0 Å². The van der Waals surface area contributed by atoms with Gasteiger partial charge >= 0.3 is 5.97 Å². The number of fused-ring (bicyclic) bond motifs is 1. The first-order valence-electron chi connectivity index (χ1n) is 7.15. The van der Waals surface area contributed by atoms with Gasteiger partial charge < -0.3 is 14.4 Å². The van der Waals surface area contributed by atoms with Crippen LogP contribution in [0, 0.1) is 13.8 Å². The highest BCUT2D eigenvalue weighted by atomic mass is 16.4. The molecule has 1 aromatic carbocycles. The third-order valence-electron chi connectivity index (χ3n) is 4.03. The number of furan rings is 1. The lowest BCUT2D eigenvalue weighted by atomic mass is 9.93. The second-order valence-corrected chi connectivity index (χ2v) is 5.63. The van der Waals surface area contributed by atoms with Crippen LogP contribution in [-0.2, 0) is 17.8 Å². The maximum atomic E-state index is 12.7. The summed E-state index contributed by atoms with van der Waals surface area (Å²) in [5.74, 6) is -0.496. The van der Waals surface area contributed by atoms with Gasteiger partial charge in [0.25, 0.3) is 5.91 Å². The van der Waals surface area contributed by atoms with Crippen molar-refractivity contribution in [3.05, 3.63) is 58.5 Å². The molecular formula is C17H17NO4. The number of amides is 1. The Bertz CT molecular complexity index is 747. The summed E-state index contributed by atoms with van der Waals surface area (Å²) >= 11 is 0. The van der Waals surface area contributed by atoms with Crippen LogP contribution in [0.5, 0.6) is 0 Å². The third kappa shape index (κ3) is 2.39. The largest absolute Gasteiger partial charge is 0.480 e. The van der Waals surface area contributed by atoms with Crippen LogP contribution in [0.1, 0.15) is 33.0 Å². The first-order chi connectivity index (χ1) is 10.5. The molecule has 5 nitrogen and oxygen atoms in total. The molecule has 1 N–H and O–H groups in total. The van der Waals surface area contributed by atoms with Gasteiger partial charge in [0, 0.05) is 18.5 Å². The van der Waals surface area contributed by atoms with E-state index in [0.717, 1.165) is 16.7 Å². The summed E-state index contributed by atoms with van der Waals surface area (Å²) in [6.07, 6.45) is 0.315. The van der Waals surface area contributed by atoms with E-state index in [4.69, 9.17) is 4.42 Å². The number of rotatable bonds is 2. The van der Waals surface area contributed by atoms with Crippen LogP contribution >= 0.6 is 0 Å². The standard InChI is InChI=1S/C17H17NO4/c1-10-7-11(2)22-15(10)16(19)18-9-13-6-4-3-5-12(13)8-14(18)17(20)21/h3-7,14H,8-9H2,1-2H3,(H,20,21). The molecule has 1 amide bonds. The zero-order valence-corrected chi connectivity index (χ0v) is 12.5. The topological polar surface area (TPSA) is 70.8 Å². The van der Waals surface area contributed by atoms with E-state index in [1.54, 1.807) is 19.9 Å². The average Bonchev–Trinajstić information content (AvgIpc) is 2.83. The molecule has 114 valence electrons. The fourth-order valence-corrected chi connectivity index (χ4v) is 2.94. The van der Waals surface area contributed by atoms with Crippen LogP contribution in [-0.4, -0.2) is 27.9 Å². The van der Waals surface area contributed by atoms with Gasteiger partial charge in [-0.15, -0.1) is 0 Å². The lowest BCUT2D eigenvalue weighted by molar-refractivity contribution is -0.142. The van der Waals surface area contributed by atoms with Crippen LogP contribution in [0.2, 0.25) is 0 Å². The number of carboxylic acid groups (broad SMARTS) is 1. The van der Waals surface area contributed by atoms with Crippen LogP contribution in [0.25, 0.3) is 0 Å². The Kier molecular flexibility index (Phi) is 3.48. The van der Waals surface area contributed by atoms with Crippen molar-refractivity contribution in [2.75, 3.05) is 0 Å². The van der Waals surface area contributed by atoms with Crippen molar-refractivity contribution in [3.63, 3.8) is 0 Å². The highest BCUT2D eigenvalue weighted by Crippen LogP contribution is 2.26. The molecule has 0 spiro atoms. The van der Waals surface area contributed by atoms with E-state index < -0.39 is 12.0 Å². The molecule has 2 heterocycles. The fraction of sp³-hybridized carbons (Fsp3) is 0.294. The Morgan fingerprint density at radius 1 is 1.23 bits per heavy atom. The summed E-state index contributed by atoms with van der Waals surface area (Å²) in [4.78, 5) is 25.7. The van der Waals surface area contributed by atoms with E-state index in [2.05, 4.69) is 0 Å². The van der Waals surface area contributed by atoms with E-state index in [1.165, 1.54) is 4.90 Å². The van der Waals surface area contributed by atoms with Gasteiger partial charge in [-0.2, -0.15) is 0 Å². The molecule has 1 atom stereocenters. The second kappa shape index (κ2) is 5.33. The molecule has 0 saturated heterocycles. The number of carboxylic acids is 1. The smallest absolute Gasteiger partial charge is 0.326 e. The summed E-state index contributed by atoms with van der Waals surface area (Å²) in [7, 11) is 0. The molecule has 0 bridgehead atoms. The molecule has 22 heavy (non-hydrogen) atoms. The number of aryl methyl sites for hydroxylation is 2. The number of aliphatic carboxylic acids is 1. The number of carbonyl (C=O) groups excluding carboxylic acids is 1. The number of carbonyl (C=O) groups is 2. The Morgan fingerprint density at radius 3 is 2.50 bits per heavy atom. The zero-order valence-electron chi connectivity index (χ0n) is 12.5. The van der Waals surface area contributed by atoms with Crippen molar-refractivity contribution in [1.29, 1.82) is 0 Å². The molecule has 1 aromatic heterocycles. The predicted molar refractivity (Wildman–Crippen MR) is 79.6 cm³/mol. The molecule has 1 unspecified atom stereocenters. The van der Waals surface area contributed by atoms with E-state index in [1.807, 2.05) is 24.3 Å². The van der Waals surface area contributed by atoms with Gasteiger partial charge in [-0.25, -0.2) is 4.79 Å². The van der Waals surface area contributed by atoms with Crippen molar-refractivity contribution >= 4 is 11.9 Å².